The van der Waals surface area contributed by atoms with Crippen LogP contribution in [0.1, 0.15) is 16.7 Å². The van der Waals surface area contributed by atoms with Crippen molar-refractivity contribution in [2.45, 2.75) is 31.8 Å². The van der Waals surface area contributed by atoms with Gasteiger partial charge in [-0.1, -0.05) is 0 Å². The highest BCUT2D eigenvalue weighted by Gasteiger charge is 2.39. The molecule has 1 aromatic heterocycles. The molecule has 0 radical (unpaired) electrons. The van der Waals surface area contributed by atoms with Crippen LogP contribution in [0.4, 0.5) is 4.79 Å². The van der Waals surface area contributed by atoms with Crippen LogP contribution in [0.25, 0.3) is 0 Å². The topological polar surface area (TPSA) is 69.6 Å². The second-order valence-electron chi connectivity index (χ2n) is 4.37. The molecule has 2 amide bonds. The van der Waals surface area contributed by atoms with Gasteiger partial charge in [-0.3, -0.25) is 4.90 Å². The SMILES string of the molecule is Cc1ccc(CNC(=O)N2C(C)SCC2C(=O)O)s1. The second-order valence-corrected chi connectivity index (χ2v) is 7.09. The summed E-state index contributed by atoms with van der Waals surface area (Å²) in [6, 6.07) is 2.93. The van der Waals surface area contributed by atoms with Crippen molar-refractivity contribution in [3.63, 3.8) is 0 Å². The number of hydrogen-bond donors (Lipinski definition) is 2. The lowest BCUT2D eigenvalue weighted by Crippen LogP contribution is -2.49. The third-order valence-corrected chi connectivity index (χ3v) is 5.17. The standard InChI is InChI=1S/C12H16N2O3S2/c1-7-3-4-9(19-7)5-13-12(17)14-8(2)18-6-10(14)11(15)16/h3-4,8,10H,5-6H2,1-2H3,(H,13,17)(H,15,16). The lowest BCUT2D eigenvalue weighted by molar-refractivity contribution is -0.141. The zero-order valence-electron chi connectivity index (χ0n) is 10.8. The molecule has 0 aliphatic carbocycles. The molecule has 0 bridgehead atoms. The van der Waals surface area contributed by atoms with Crippen LogP contribution >= 0.6 is 23.1 Å². The molecular weight excluding hydrogens is 284 g/mol. The summed E-state index contributed by atoms with van der Waals surface area (Å²) in [5.74, 6) is -0.499. The maximum Gasteiger partial charge on any atom is 0.327 e. The summed E-state index contributed by atoms with van der Waals surface area (Å²) in [4.78, 5) is 26.9. The molecule has 1 aromatic rings. The van der Waals surface area contributed by atoms with Crippen molar-refractivity contribution in [1.82, 2.24) is 10.2 Å². The van der Waals surface area contributed by atoms with Crippen LogP contribution in [0.3, 0.4) is 0 Å². The Morgan fingerprint density at radius 3 is 2.84 bits per heavy atom. The van der Waals surface area contributed by atoms with Gasteiger partial charge in [-0.2, -0.15) is 0 Å². The van der Waals surface area contributed by atoms with Crippen molar-refractivity contribution < 1.29 is 14.7 Å². The fraction of sp³-hybridized carbons (Fsp3) is 0.500. The molecule has 1 saturated heterocycles. The summed E-state index contributed by atoms with van der Waals surface area (Å²) >= 11 is 3.11. The number of amides is 2. The number of aliphatic carboxylic acids is 1. The molecule has 2 N–H and O–H groups in total. The lowest BCUT2D eigenvalue weighted by Gasteiger charge is -2.25. The molecule has 0 aromatic carbocycles. The van der Waals surface area contributed by atoms with E-state index in [2.05, 4.69) is 5.32 Å². The molecule has 104 valence electrons. The van der Waals surface area contributed by atoms with Gasteiger partial charge in [-0.05, 0) is 26.0 Å². The average molecular weight is 300 g/mol. The highest BCUT2D eigenvalue weighted by molar-refractivity contribution is 8.00. The van der Waals surface area contributed by atoms with Gasteiger partial charge in [0, 0.05) is 15.5 Å². The summed E-state index contributed by atoms with van der Waals surface area (Å²) in [6.07, 6.45) is 0. The normalized spacial score (nSPS) is 22.5. The number of nitrogens with one attached hydrogen (secondary N) is 1. The first-order valence-corrected chi connectivity index (χ1v) is 7.81. The first-order chi connectivity index (χ1) is 8.99. The van der Waals surface area contributed by atoms with E-state index in [-0.39, 0.29) is 11.4 Å². The molecule has 0 spiro atoms. The summed E-state index contributed by atoms with van der Waals surface area (Å²) in [5, 5.41) is 11.8. The van der Waals surface area contributed by atoms with Gasteiger partial charge >= 0.3 is 12.0 Å². The Morgan fingerprint density at radius 1 is 1.53 bits per heavy atom. The smallest absolute Gasteiger partial charge is 0.327 e. The minimum absolute atomic E-state index is 0.105. The zero-order chi connectivity index (χ0) is 14.0. The summed E-state index contributed by atoms with van der Waals surface area (Å²) in [6.45, 7) is 4.30. The summed E-state index contributed by atoms with van der Waals surface area (Å²) in [5.41, 5.74) is 0. The van der Waals surface area contributed by atoms with E-state index < -0.39 is 12.0 Å². The first-order valence-electron chi connectivity index (χ1n) is 5.95. The van der Waals surface area contributed by atoms with Gasteiger partial charge in [-0.25, -0.2) is 9.59 Å². The van der Waals surface area contributed by atoms with Crippen LogP contribution in [0.15, 0.2) is 12.1 Å². The largest absolute Gasteiger partial charge is 0.480 e. The van der Waals surface area contributed by atoms with Gasteiger partial charge in [0.2, 0.25) is 0 Å². The van der Waals surface area contributed by atoms with Crippen LogP contribution in [0.5, 0.6) is 0 Å². The van der Waals surface area contributed by atoms with Crippen molar-refractivity contribution in [3.05, 3.63) is 21.9 Å². The minimum atomic E-state index is -0.945. The maximum atomic E-state index is 12.1. The van der Waals surface area contributed by atoms with Crippen molar-refractivity contribution in [2.75, 3.05) is 5.75 Å². The number of nitrogens with zero attached hydrogens (tertiary/aromatic N) is 1. The van der Waals surface area contributed by atoms with Crippen molar-refractivity contribution in [2.24, 2.45) is 0 Å². The van der Waals surface area contributed by atoms with Gasteiger partial charge in [0.15, 0.2) is 0 Å². The number of rotatable bonds is 3. The molecule has 7 heteroatoms. The quantitative estimate of drug-likeness (QED) is 0.897. The Balaban J connectivity index is 1.96. The van der Waals surface area contributed by atoms with Crippen LogP contribution in [0.2, 0.25) is 0 Å². The van der Waals surface area contributed by atoms with Gasteiger partial charge in [0.1, 0.15) is 6.04 Å². The molecule has 1 aliphatic heterocycles. The number of hydrogen-bond acceptors (Lipinski definition) is 4. The van der Waals surface area contributed by atoms with Crippen LogP contribution < -0.4 is 5.32 Å². The zero-order valence-corrected chi connectivity index (χ0v) is 12.4. The molecule has 2 atom stereocenters. The van der Waals surface area contributed by atoms with Crippen molar-refractivity contribution in [1.29, 1.82) is 0 Å². The van der Waals surface area contributed by atoms with Gasteiger partial charge in [0.05, 0.1) is 11.9 Å². The molecule has 2 rings (SSSR count). The molecule has 0 saturated carbocycles. The third-order valence-electron chi connectivity index (χ3n) is 2.95. The number of carbonyl (C=O) groups is 2. The third kappa shape index (κ3) is 3.22. The maximum absolute atomic E-state index is 12.1. The molecule has 19 heavy (non-hydrogen) atoms. The van der Waals surface area contributed by atoms with Gasteiger partial charge in [-0.15, -0.1) is 23.1 Å². The van der Waals surface area contributed by atoms with Crippen LogP contribution in [-0.4, -0.2) is 39.2 Å². The number of carbonyl (C=O) groups excluding carboxylic acids is 1. The number of thiophene rings is 1. The van der Waals surface area contributed by atoms with E-state index in [4.69, 9.17) is 5.11 Å². The second kappa shape index (κ2) is 5.83. The Hall–Kier alpha value is -1.21. The van der Waals surface area contributed by atoms with Crippen molar-refractivity contribution in [3.8, 4) is 0 Å². The summed E-state index contributed by atoms with van der Waals surface area (Å²) in [7, 11) is 0. The van der Waals surface area contributed by atoms with E-state index >= 15 is 0 Å². The van der Waals surface area contributed by atoms with E-state index in [0.717, 1.165) is 4.88 Å². The Kier molecular flexibility index (Phi) is 4.36. The molecule has 1 aliphatic rings. The predicted molar refractivity (Wildman–Crippen MR) is 76.5 cm³/mol. The number of aryl methyl sites for hydroxylation is 1. The van der Waals surface area contributed by atoms with E-state index in [0.29, 0.717) is 12.3 Å². The Bertz CT molecular complexity index is 489. The minimum Gasteiger partial charge on any atom is -0.480 e. The van der Waals surface area contributed by atoms with Crippen LogP contribution in [-0.2, 0) is 11.3 Å². The fourth-order valence-electron chi connectivity index (χ4n) is 1.98. The highest BCUT2D eigenvalue weighted by Crippen LogP contribution is 2.28. The van der Waals surface area contributed by atoms with E-state index in [1.165, 1.54) is 21.5 Å². The number of thioether (sulfide) groups is 1. The molecule has 2 heterocycles. The van der Waals surface area contributed by atoms with Crippen molar-refractivity contribution >= 4 is 35.1 Å². The number of urea groups is 1. The summed E-state index contributed by atoms with van der Waals surface area (Å²) < 4.78 is 0. The number of carboxylic acid groups (broad SMARTS) is 1. The Labute approximate surface area is 120 Å². The average Bonchev–Trinajstić information content (AvgIpc) is 2.92. The lowest BCUT2D eigenvalue weighted by atomic mass is 10.3. The number of carboxylic acids is 1. The molecule has 2 unspecified atom stereocenters. The van der Waals surface area contributed by atoms with E-state index in [1.54, 1.807) is 11.3 Å². The molecule has 5 nitrogen and oxygen atoms in total. The van der Waals surface area contributed by atoms with Gasteiger partial charge < -0.3 is 10.4 Å². The van der Waals surface area contributed by atoms with E-state index in [9.17, 15) is 9.59 Å². The van der Waals surface area contributed by atoms with Crippen LogP contribution in [0, 0.1) is 6.92 Å². The molecule has 1 fully saturated rings. The monoisotopic (exact) mass is 300 g/mol. The van der Waals surface area contributed by atoms with Gasteiger partial charge in [0.25, 0.3) is 0 Å². The van der Waals surface area contributed by atoms with E-state index in [1.807, 2.05) is 26.0 Å². The highest BCUT2D eigenvalue weighted by atomic mass is 32.2. The Morgan fingerprint density at radius 2 is 2.26 bits per heavy atom. The first kappa shape index (κ1) is 14.2. The fourth-order valence-corrected chi connectivity index (χ4v) is 3.97. The predicted octanol–water partition coefficient (Wildman–Crippen LogP) is 2.11. The molecular formula is C12H16N2O3S2.